The summed E-state index contributed by atoms with van der Waals surface area (Å²) in [5.41, 5.74) is -0.386. The molecular formula is C21H30N4O4S. The maximum atomic E-state index is 13.0. The number of fused-ring (bicyclic) bond motifs is 1. The second-order valence-corrected chi connectivity index (χ2v) is 10.5. The Hall–Kier alpha value is -2.13. The maximum Gasteiger partial charge on any atom is 0.245 e. The topological polar surface area (TPSA) is 98.8 Å². The average Bonchev–Trinajstić information content (AvgIpc) is 2.85. The second kappa shape index (κ2) is 7.85. The quantitative estimate of drug-likeness (QED) is 0.739. The molecule has 9 heteroatoms. The molecule has 164 valence electrons. The highest BCUT2D eigenvalue weighted by Gasteiger charge is 2.44. The predicted molar refractivity (Wildman–Crippen MR) is 113 cm³/mol. The van der Waals surface area contributed by atoms with Gasteiger partial charge in [-0.05, 0) is 44.2 Å². The van der Waals surface area contributed by atoms with E-state index in [-0.39, 0.29) is 23.1 Å². The van der Waals surface area contributed by atoms with E-state index in [1.54, 1.807) is 36.1 Å². The number of piperidine rings is 1. The lowest BCUT2D eigenvalue weighted by molar-refractivity contribution is -0.145. The van der Waals surface area contributed by atoms with Crippen LogP contribution in [-0.2, 0) is 19.6 Å². The van der Waals surface area contributed by atoms with Crippen molar-refractivity contribution in [3.63, 3.8) is 0 Å². The molecular weight excluding hydrogens is 404 g/mol. The highest BCUT2D eigenvalue weighted by atomic mass is 32.2. The van der Waals surface area contributed by atoms with Crippen LogP contribution in [0.4, 0.5) is 5.69 Å². The van der Waals surface area contributed by atoms with Crippen LogP contribution in [0.2, 0.25) is 0 Å². The third kappa shape index (κ3) is 3.92. The Bertz CT molecular complexity index is 950. The van der Waals surface area contributed by atoms with Gasteiger partial charge in [-0.3, -0.25) is 9.59 Å². The fourth-order valence-corrected chi connectivity index (χ4v) is 6.39. The van der Waals surface area contributed by atoms with Gasteiger partial charge in [-0.2, -0.15) is 4.72 Å². The molecule has 3 atom stereocenters. The summed E-state index contributed by atoms with van der Waals surface area (Å²) in [5, 5.41) is 3.32. The third-order valence-electron chi connectivity index (χ3n) is 6.54. The predicted octanol–water partition coefficient (Wildman–Crippen LogP) is 1.75. The number of hydrogen-bond acceptors (Lipinski definition) is 5. The van der Waals surface area contributed by atoms with Crippen LogP contribution in [-0.4, -0.2) is 61.4 Å². The van der Waals surface area contributed by atoms with Crippen LogP contribution < -0.4 is 10.0 Å². The Balaban J connectivity index is 1.52. The minimum absolute atomic E-state index is 0.0200. The Morgan fingerprint density at radius 3 is 2.77 bits per heavy atom. The van der Waals surface area contributed by atoms with Crippen LogP contribution in [0.15, 0.2) is 29.2 Å². The van der Waals surface area contributed by atoms with Crippen molar-refractivity contribution in [1.29, 1.82) is 0 Å². The lowest BCUT2D eigenvalue weighted by Crippen LogP contribution is -2.58. The number of nitrogens with zero attached hydrogens (tertiary/aromatic N) is 2. The minimum Gasteiger partial charge on any atom is -0.365 e. The van der Waals surface area contributed by atoms with Crippen molar-refractivity contribution >= 4 is 27.5 Å². The smallest absolute Gasteiger partial charge is 0.245 e. The van der Waals surface area contributed by atoms with Crippen molar-refractivity contribution in [1.82, 2.24) is 14.5 Å². The fourth-order valence-electron chi connectivity index (χ4n) is 4.85. The number of sulfonamides is 1. The Labute approximate surface area is 178 Å². The van der Waals surface area contributed by atoms with Gasteiger partial charge in [-0.25, -0.2) is 8.42 Å². The van der Waals surface area contributed by atoms with Crippen LogP contribution in [0, 0.1) is 5.92 Å². The number of nitrogens with one attached hydrogen (secondary N) is 2. The molecule has 0 radical (unpaired) electrons. The van der Waals surface area contributed by atoms with Crippen LogP contribution in [0.5, 0.6) is 0 Å². The minimum atomic E-state index is -3.68. The molecule has 2 fully saturated rings. The van der Waals surface area contributed by atoms with Crippen LogP contribution in [0.3, 0.4) is 0 Å². The molecule has 8 nitrogen and oxygen atoms in total. The zero-order chi connectivity index (χ0) is 21.5. The zero-order valence-corrected chi connectivity index (χ0v) is 18.4. The third-order valence-corrected chi connectivity index (χ3v) is 8.13. The van der Waals surface area contributed by atoms with E-state index in [4.69, 9.17) is 0 Å². The van der Waals surface area contributed by atoms with Gasteiger partial charge in [0.2, 0.25) is 21.8 Å². The number of likely N-dealkylation sites (tertiary alicyclic amines) is 2. The van der Waals surface area contributed by atoms with Gasteiger partial charge in [0.1, 0.15) is 16.6 Å². The largest absolute Gasteiger partial charge is 0.365 e. The summed E-state index contributed by atoms with van der Waals surface area (Å²) in [4.78, 5) is 29.6. The van der Waals surface area contributed by atoms with Crippen molar-refractivity contribution in [3.05, 3.63) is 24.3 Å². The molecule has 2 N–H and O–H groups in total. The Kier molecular flexibility index (Phi) is 5.52. The van der Waals surface area contributed by atoms with E-state index < -0.39 is 21.7 Å². The Morgan fingerprint density at radius 2 is 2.00 bits per heavy atom. The Morgan fingerprint density at radius 1 is 1.23 bits per heavy atom. The summed E-state index contributed by atoms with van der Waals surface area (Å²) < 4.78 is 28.4. The summed E-state index contributed by atoms with van der Waals surface area (Å²) in [6.45, 7) is 5.70. The van der Waals surface area contributed by atoms with E-state index in [1.165, 1.54) is 0 Å². The number of benzene rings is 1. The lowest BCUT2D eigenvalue weighted by atomic mass is 9.99. The van der Waals surface area contributed by atoms with E-state index >= 15 is 0 Å². The first-order chi connectivity index (χ1) is 14.2. The number of para-hydroxylation sites is 1. The number of rotatable bonds is 2. The summed E-state index contributed by atoms with van der Waals surface area (Å²) in [6, 6.07) is 6.22. The number of anilines is 1. The van der Waals surface area contributed by atoms with Gasteiger partial charge in [0.25, 0.3) is 0 Å². The highest BCUT2D eigenvalue weighted by Crippen LogP contribution is 2.35. The molecule has 0 aromatic heterocycles. The first-order valence-electron chi connectivity index (χ1n) is 10.7. The monoisotopic (exact) mass is 434 g/mol. The normalized spacial score (nSPS) is 29.7. The van der Waals surface area contributed by atoms with Gasteiger partial charge in [0.05, 0.1) is 5.69 Å². The van der Waals surface area contributed by atoms with Crippen LogP contribution in [0.25, 0.3) is 0 Å². The van der Waals surface area contributed by atoms with E-state index in [1.807, 2.05) is 4.90 Å². The summed E-state index contributed by atoms with van der Waals surface area (Å²) >= 11 is 0. The van der Waals surface area contributed by atoms with Crippen molar-refractivity contribution in [3.8, 4) is 0 Å². The van der Waals surface area contributed by atoms with E-state index in [9.17, 15) is 18.0 Å². The number of amides is 2. The first-order valence-corrected chi connectivity index (χ1v) is 12.2. The average molecular weight is 435 g/mol. The molecule has 4 rings (SSSR count). The number of carbonyl (C=O) groups excluding carboxylic acids is 2. The van der Waals surface area contributed by atoms with Gasteiger partial charge in [0.15, 0.2) is 0 Å². The molecule has 0 saturated carbocycles. The van der Waals surface area contributed by atoms with Gasteiger partial charge in [-0.1, -0.05) is 19.1 Å². The van der Waals surface area contributed by atoms with Crippen molar-refractivity contribution in [2.75, 3.05) is 25.0 Å². The van der Waals surface area contributed by atoms with Gasteiger partial charge in [0, 0.05) is 32.5 Å². The standard InChI is InChI=1S/C21H30N4O4S/c1-15-6-5-12-24(14-15)20(27)16(2)25-13-11-21(10-9-19(25)26)22-17-7-3-4-8-18(17)30(28,29)23-21/h3-4,7-8,15-16,22-23H,5-6,9-14H2,1-2H3. The lowest BCUT2D eigenvalue weighted by Gasteiger charge is -2.40. The second-order valence-electron chi connectivity index (χ2n) is 8.85. The summed E-state index contributed by atoms with van der Waals surface area (Å²) in [6.07, 6.45) is 3.00. The van der Waals surface area contributed by atoms with E-state index in [2.05, 4.69) is 17.0 Å². The van der Waals surface area contributed by atoms with Gasteiger partial charge >= 0.3 is 0 Å². The molecule has 3 heterocycles. The SMILES string of the molecule is CC1CCCN(C(=O)C(C)N2CCC3(CCC2=O)Nc2ccccc2S(=O)(=O)N3)C1. The number of hydrogen-bond donors (Lipinski definition) is 2. The summed E-state index contributed by atoms with van der Waals surface area (Å²) in [7, 11) is -3.68. The highest BCUT2D eigenvalue weighted by molar-refractivity contribution is 7.89. The molecule has 30 heavy (non-hydrogen) atoms. The summed E-state index contributed by atoms with van der Waals surface area (Å²) in [5.74, 6) is 0.338. The molecule has 1 aromatic carbocycles. The molecule has 3 aliphatic rings. The molecule has 1 aromatic rings. The van der Waals surface area contributed by atoms with E-state index in [0.717, 1.165) is 25.9 Å². The molecule has 0 bridgehead atoms. The van der Waals surface area contributed by atoms with Crippen LogP contribution in [0.1, 0.15) is 46.0 Å². The van der Waals surface area contributed by atoms with E-state index in [0.29, 0.717) is 31.0 Å². The number of carbonyl (C=O) groups is 2. The molecule has 1 spiro atoms. The molecule has 2 amide bonds. The maximum absolute atomic E-state index is 13.0. The molecule has 3 aliphatic heterocycles. The molecule has 0 aliphatic carbocycles. The molecule has 2 saturated heterocycles. The first kappa shape index (κ1) is 21.1. The fraction of sp³-hybridized carbons (Fsp3) is 0.619. The van der Waals surface area contributed by atoms with Crippen molar-refractivity contribution in [2.45, 2.75) is 62.6 Å². The molecule has 3 unspecified atom stereocenters. The van der Waals surface area contributed by atoms with Crippen molar-refractivity contribution in [2.24, 2.45) is 5.92 Å². The zero-order valence-electron chi connectivity index (χ0n) is 17.6. The van der Waals surface area contributed by atoms with Crippen molar-refractivity contribution < 1.29 is 18.0 Å². The van der Waals surface area contributed by atoms with Gasteiger partial charge in [-0.15, -0.1) is 0 Å². The van der Waals surface area contributed by atoms with Gasteiger partial charge < -0.3 is 15.1 Å². The van der Waals surface area contributed by atoms with Crippen LogP contribution >= 0.6 is 0 Å².